The van der Waals surface area contributed by atoms with Crippen molar-refractivity contribution in [2.45, 2.75) is 6.92 Å². The van der Waals surface area contributed by atoms with Crippen LogP contribution in [0.3, 0.4) is 0 Å². The maximum absolute atomic E-state index is 12.5. The molecular weight excluding hydrogens is 396 g/mol. The van der Waals surface area contributed by atoms with Crippen molar-refractivity contribution >= 4 is 52.2 Å². The van der Waals surface area contributed by atoms with Gasteiger partial charge >= 0.3 is 0 Å². The van der Waals surface area contributed by atoms with Crippen LogP contribution in [0.25, 0.3) is 6.08 Å². The number of nitrogens with zero attached hydrogens (tertiary/aromatic N) is 1. The van der Waals surface area contributed by atoms with Crippen molar-refractivity contribution < 1.29 is 14.4 Å². The molecule has 0 saturated carbocycles. The molecule has 7 heteroatoms. The van der Waals surface area contributed by atoms with Gasteiger partial charge in [0.25, 0.3) is 11.1 Å². The van der Waals surface area contributed by atoms with Crippen LogP contribution in [0.2, 0.25) is 5.02 Å². The zero-order valence-corrected chi connectivity index (χ0v) is 16.6. The van der Waals surface area contributed by atoms with E-state index in [1.54, 1.807) is 30.3 Å². The van der Waals surface area contributed by atoms with E-state index in [1.165, 1.54) is 0 Å². The van der Waals surface area contributed by atoms with Gasteiger partial charge in [-0.3, -0.25) is 19.3 Å². The van der Waals surface area contributed by atoms with Crippen molar-refractivity contribution in [2.75, 3.05) is 11.9 Å². The Morgan fingerprint density at radius 3 is 2.46 bits per heavy atom. The topological polar surface area (TPSA) is 66.5 Å². The van der Waals surface area contributed by atoms with Crippen LogP contribution in [0.5, 0.6) is 0 Å². The highest BCUT2D eigenvalue weighted by Gasteiger charge is 2.36. The predicted molar refractivity (Wildman–Crippen MR) is 113 cm³/mol. The van der Waals surface area contributed by atoms with E-state index in [9.17, 15) is 14.4 Å². The summed E-state index contributed by atoms with van der Waals surface area (Å²) in [5.74, 6) is -0.926. The fourth-order valence-electron chi connectivity index (χ4n) is 2.57. The van der Waals surface area contributed by atoms with Crippen molar-refractivity contribution in [2.24, 2.45) is 0 Å². The molecule has 142 valence electrons. The van der Waals surface area contributed by atoms with E-state index in [0.29, 0.717) is 15.6 Å². The summed E-state index contributed by atoms with van der Waals surface area (Å²) in [5.41, 5.74) is 2.37. The minimum absolute atomic E-state index is 0.300. The zero-order valence-electron chi connectivity index (χ0n) is 15.0. The number of halogens is 1. The number of carbonyl (C=O) groups excluding carboxylic acids is 3. The SMILES string of the molecule is CC(=C\c1ccccc1)/C=C1/SC(=O)N(CC(=O)Nc2ccc(Cl)cc2)C1=O. The van der Waals surface area contributed by atoms with E-state index >= 15 is 0 Å². The highest BCUT2D eigenvalue weighted by atomic mass is 35.5. The second-order valence-electron chi connectivity index (χ2n) is 6.12. The molecule has 2 aromatic rings. The molecule has 2 aromatic carbocycles. The Bertz CT molecular complexity index is 969. The number of nitrogens with one attached hydrogen (secondary N) is 1. The number of benzene rings is 2. The van der Waals surface area contributed by atoms with E-state index in [1.807, 2.05) is 43.3 Å². The second-order valence-corrected chi connectivity index (χ2v) is 7.55. The van der Waals surface area contributed by atoms with Gasteiger partial charge in [-0.15, -0.1) is 0 Å². The normalized spacial score (nSPS) is 16.0. The molecular formula is C21H17ClN2O3S. The maximum atomic E-state index is 12.5. The third-order valence-electron chi connectivity index (χ3n) is 3.86. The van der Waals surface area contributed by atoms with Gasteiger partial charge in [0.2, 0.25) is 5.91 Å². The highest BCUT2D eigenvalue weighted by molar-refractivity contribution is 8.18. The lowest BCUT2D eigenvalue weighted by molar-refractivity contribution is -0.127. The first kappa shape index (κ1) is 19.9. The van der Waals surface area contributed by atoms with Gasteiger partial charge in [0.05, 0.1) is 4.91 Å². The number of anilines is 1. The van der Waals surface area contributed by atoms with Crippen molar-refractivity contribution in [3.63, 3.8) is 0 Å². The van der Waals surface area contributed by atoms with Crippen LogP contribution < -0.4 is 5.32 Å². The number of thioether (sulfide) groups is 1. The molecule has 5 nitrogen and oxygen atoms in total. The Labute approximate surface area is 172 Å². The smallest absolute Gasteiger partial charge is 0.294 e. The number of amides is 3. The molecule has 1 saturated heterocycles. The standard InChI is InChI=1S/C21H17ClN2O3S/c1-14(11-15-5-3-2-4-6-15)12-18-20(26)24(21(27)28-18)13-19(25)23-17-9-7-16(22)8-10-17/h2-12H,13H2,1H3,(H,23,25)/b14-11+,18-12+. The van der Waals surface area contributed by atoms with Crippen LogP contribution in [-0.2, 0) is 9.59 Å². The summed E-state index contributed by atoms with van der Waals surface area (Å²) >= 11 is 6.64. The molecule has 28 heavy (non-hydrogen) atoms. The predicted octanol–water partition coefficient (Wildman–Crippen LogP) is 4.96. The Hall–Kier alpha value is -2.83. The average Bonchev–Trinajstić information content (AvgIpc) is 2.91. The van der Waals surface area contributed by atoms with Crippen LogP contribution in [0.1, 0.15) is 12.5 Å². The van der Waals surface area contributed by atoms with Crippen molar-refractivity contribution in [3.8, 4) is 0 Å². The molecule has 0 bridgehead atoms. The summed E-state index contributed by atoms with van der Waals surface area (Å²) in [6.07, 6.45) is 3.58. The number of rotatable bonds is 5. The summed E-state index contributed by atoms with van der Waals surface area (Å²) in [5, 5.41) is 2.73. The zero-order chi connectivity index (χ0) is 20.1. The molecule has 0 spiro atoms. The lowest BCUT2D eigenvalue weighted by Gasteiger charge is -2.12. The minimum atomic E-state index is -0.470. The number of allylic oxidation sites excluding steroid dienone is 2. The van der Waals surface area contributed by atoms with Crippen molar-refractivity contribution in [1.82, 2.24) is 4.90 Å². The highest BCUT2D eigenvalue weighted by Crippen LogP contribution is 2.31. The molecule has 0 aliphatic carbocycles. The third-order valence-corrected chi connectivity index (χ3v) is 5.02. The van der Waals surface area contributed by atoms with Gasteiger partial charge in [0.15, 0.2) is 0 Å². The number of hydrogen-bond donors (Lipinski definition) is 1. The number of hydrogen-bond acceptors (Lipinski definition) is 4. The molecule has 1 aliphatic rings. The van der Waals surface area contributed by atoms with Gasteiger partial charge in [-0.1, -0.05) is 48.0 Å². The van der Waals surface area contributed by atoms with E-state index in [0.717, 1.165) is 27.8 Å². The molecule has 1 heterocycles. The van der Waals surface area contributed by atoms with Gasteiger partial charge in [-0.25, -0.2) is 0 Å². The van der Waals surface area contributed by atoms with Crippen LogP contribution in [0.15, 0.2) is 71.2 Å². The lowest BCUT2D eigenvalue weighted by atomic mass is 10.1. The molecule has 0 unspecified atom stereocenters. The van der Waals surface area contributed by atoms with Gasteiger partial charge in [0, 0.05) is 10.7 Å². The monoisotopic (exact) mass is 412 g/mol. The summed E-state index contributed by atoms with van der Waals surface area (Å²) < 4.78 is 0. The molecule has 1 N–H and O–H groups in total. The first-order valence-electron chi connectivity index (χ1n) is 8.46. The summed E-state index contributed by atoms with van der Waals surface area (Å²) in [7, 11) is 0. The fraction of sp³-hybridized carbons (Fsp3) is 0.0952. The van der Waals surface area contributed by atoms with E-state index in [4.69, 9.17) is 11.6 Å². The molecule has 1 fully saturated rings. The second kappa shape index (κ2) is 8.91. The van der Waals surface area contributed by atoms with Crippen molar-refractivity contribution in [3.05, 3.63) is 81.7 Å². The van der Waals surface area contributed by atoms with Gasteiger partial charge in [0.1, 0.15) is 6.54 Å². The molecule has 0 aromatic heterocycles. The van der Waals surface area contributed by atoms with E-state index < -0.39 is 17.1 Å². The van der Waals surface area contributed by atoms with Crippen LogP contribution in [0, 0.1) is 0 Å². The van der Waals surface area contributed by atoms with E-state index in [2.05, 4.69) is 5.32 Å². The largest absolute Gasteiger partial charge is 0.325 e. The van der Waals surface area contributed by atoms with Gasteiger partial charge in [-0.2, -0.15) is 0 Å². The quantitative estimate of drug-likeness (QED) is 0.704. The Balaban J connectivity index is 1.66. The summed E-state index contributed by atoms with van der Waals surface area (Å²) in [4.78, 5) is 38.1. The first-order chi connectivity index (χ1) is 13.4. The van der Waals surface area contributed by atoms with Gasteiger partial charge < -0.3 is 5.32 Å². The molecule has 1 aliphatic heterocycles. The number of carbonyl (C=O) groups is 3. The summed E-state index contributed by atoms with van der Waals surface area (Å²) in [6.45, 7) is 1.51. The summed E-state index contributed by atoms with van der Waals surface area (Å²) in [6, 6.07) is 16.2. The fourth-order valence-corrected chi connectivity index (χ4v) is 3.59. The molecule has 0 radical (unpaired) electrons. The van der Waals surface area contributed by atoms with Crippen LogP contribution in [-0.4, -0.2) is 28.5 Å². The Kier molecular flexibility index (Phi) is 6.34. The average molecular weight is 413 g/mol. The lowest BCUT2D eigenvalue weighted by Crippen LogP contribution is -2.36. The van der Waals surface area contributed by atoms with Gasteiger partial charge in [-0.05, 0) is 60.2 Å². The first-order valence-corrected chi connectivity index (χ1v) is 9.66. The maximum Gasteiger partial charge on any atom is 0.294 e. The molecule has 3 rings (SSSR count). The van der Waals surface area contributed by atoms with Crippen molar-refractivity contribution in [1.29, 1.82) is 0 Å². The Morgan fingerprint density at radius 1 is 1.11 bits per heavy atom. The van der Waals surface area contributed by atoms with E-state index in [-0.39, 0.29) is 6.54 Å². The molecule has 3 amide bonds. The van der Waals surface area contributed by atoms with Crippen LogP contribution >= 0.6 is 23.4 Å². The number of imide groups is 1. The van der Waals surface area contributed by atoms with Crippen LogP contribution in [0.4, 0.5) is 10.5 Å². The minimum Gasteiger partial charge on any atom is -0.325 e. The Morgan fingerprint density at radius 2 is 1.79 bits per heavy atom. The molecule has 0 atom stereocenters. The third kappa shape index (κ3) is 5.12.